The van der Waals surface area contributed by atoms with Gasteiger partial charge >= 0.3 is 0 Å². The third-order valence-electron chi connectivity index (χ3n) is 4.05. The molecular formula is C17H19N3O3S. The summed E-state index contributed by atoms with van der Waals surface area (Å²) in [5.41, 5.74) is 1.50. The van der Waals surface area contributed by atoms with Gasteiger partial charge in [-0.3, -0.25) is 4.79 Å². The lowest BCUT2D eigenvalue weighted by atomic mass is 10.2. The van der Waals surface area contributed by atoms with Crippen LogP contribution in [0.2, 0.25) is 0 Å². The van der Waals surface area contributed by atoms with Crippen molar-refractivity contribution in [3.05, 3.63) is 60.2 Å². The predicted octanol–water partition coefficient (Wildman–Crippen LogP) is 1.66. The summed E-state index contributed by atoms with van der Waals surface area (Å²) in [5.74, 6) is -0.103. The highest BCUT2D eigenvalue weighted by Gasteiger charge is 2.27. The van der Waals surface area contributed by atoms with Gasteiger partial charge in [0.1, 0.15) is 0 Å². The van der Waals surface area contributed by atoms with E-state index in [2.05, 4.69) is 5.32 Å². The van der Waals surface area contributed by atoms with Gasteiger partial charge in [0.15, 0.2) is 0 Å². The van der Waals surface area contributed by atoms with Crippen molar-refractivity contribution in [2.75, 3.05) is 18.4 Å². The highest BCUT2D eigenvalue weighted by Crippen LogP contribution is 2.18. The number of nitrogens with one attached hydrogen (secondary N) is 1. The first-order valence-corrected chi connectivity index (χ1v) is 9.22. The van der Waals surface area contributed by atoms with Gasteiger partial charge in [0.05, 0.1) is 4.90 Å². The van der Waals surface area contributed by atoms with Crippen LogP contribution in [0.4, 0.5) is 5.69 Å². The summed E-state index contributed by atoms with van der Waals surface area (Å²) >= 11 is 0. The lowest BCUT2D eigenvalue weighted by molar-refractivity contribution is 0.0791. The molecule has 1 aliphatic heterocycles. The van der Waals surface area contributed by atoms with Crippen LogP contribution in [0, 0.1) is 0 Å². The fraction of sp³-hybridized carbons (Fsp3) is 0.235. The smallest absolute Gasteiger partial charge is 0.253 e. The second-order valence-corrected chi connectivity index (χ2v) is 7.38. The van der Waals surface area contributed by atoms with E-state index in [1.807, 2.05) is 30.3 Å². The van der Waals surface area contributed by atoms with Crippen molar-refractivity contribution in [1.29, 1.82) is 0 Å². The fourth-order valence-electron chi connectivity index (χ4n) is 2.80. The molecule has 1 aliphatic rings. The fourth-order valence-corrected chi connectivity index (χ4v) is 3.32. The molecule has 0 spiro atoms. The molecule has 0 radical (unpaired) electrons. The number of para-hydroxylation sites is 1. The summed E-state index contributed by atoms with van der Waals surface area (Å²) in [6.45, 7) is 1.28. The Morgan fingerprint density at radius 2 is 1.75 bits per heavy atom. The molecule has 126 valence electrons. The summed E-state index contributed by atoms with van der Waals surface area (Å²) in [5, 5.41) is 8.48. The molecule has 1 unspecified atom stereocenters. The van der Waals surface area contributed by atoms with Gasteiger partial charge in [0.25, 0.3) is 5.91 Å². The number of hydrogen-bond donors (Lipinski definition) is 2. The van der Waals surface area contributed by atoms with Crippen LogP contribution in [0.5, 0.6) is 0 Å². The minimum absolute atomic E-state index is 0.00379. The molecule has 3 N–H and O–H groups in total. The van der Waals surface area contributed by atoms with Gasteiger partial charge in [-0.2, -0.15) is 0 Å². The lowest BCUT2D eigenvalue weighted by Crippen LogP contribution is -2.31. The zero-order chi connectivity index (χ0) is 17.2. The maximum absolute atomic E-state index is 12.5. The van der Waals surface area contributed by atoms with E-state index in [1.165, 1.54) is 24.3 Å². The van der Waals surface area contributed by atoms with Gasteiger partial charge in [-0.25, -0.2) is 13.6 Å². The molecule has 0 aromatic heterocycles. The highest BCUT2D eigenvalue weighted by atomic mass is 32.2. The van der Waals surface area contributed by atoms with Crippen LogP contribution in [-0.4, -0.2) is 38.4 Å². The van der Waals surface area contributed by atoms with Crippen molar-refractivity contribution < 1.29 is 13.2 Å². The molecule has 0 saturated carbocycles. The SMILES string of the molecule is NS(=O)(=O)c1ccc(C(=O)N2CCC(Nc3ccccc3)C2)cc1. The number of hydrogen-bond acceptors (Lipinski definition) is 4. The second-order valence-electron chi connectivity index (χ2n) is 5.82. The van der Waals surface area contributed by atoms with Crippen LogP contribution in [0.3, 0.4) is 0 Å². The zero-order valence-corrected chi connectivity index (χ0v) is 13.9. The first-order valence-electron chi connectivity index (χ1n) is 7.67. The number of nitrogens with zero attached hydrogens (tertiary/aromatic N) is 1. The molecule has 1 saturated heterocycles. The molecule has 6 nitrogen and oxygen atoms in total. The summed E-state index contributed by atoms with van der Waals surface area (Å²) in [6.07, 6.45) is 0.871. The average Bonchev–Trinajstić information content (AvgIpc) is 3.03. The van der Waals surface area contributed by atoms with Crippen LogP contribution >= 0.6 is 0 Å². The van der Waals surface area contributed by atoms with Crippen molar-refractivity contribution in [3.8, 4) is 0 Å². The summed E-state index contributed by atoms with van der Waals surface area (Å²) in [6, 6.07) is 15.8. The molecule has 2 aromatic rings. The number of benzene rings is 2. The summed E-state index contributed by atoms with van der Waals surface area (Å²) < 4.78 is 22.5. The molecular weight excluding hydrogens is 326 g/mol. The Labute approximate surface area is 141 Å². The monoisotopic (exact) mass is 345 g/mol. The molecule has 1 fully saturated rings. The third kappa shape index (κ3) is 3.74. The van der Waals surface area contributed by atoms with Crippen LogP contribution in [0.1, 0.15) is 16.8 Å². The lowest BCUT2D eigenvalue weighted by Gasteiger charge is -2.18. The van der Waals surface area contributed by atoms with E-state index in [1.54, 1.807) is 4.90 Å². The number of amides is 1. The number of sulfonamides is 1. The van der Waals surface area contributed by atoms with Crippen molar-refractivity contribution in [1.82, 2.24) is 4.90 Å². The molecule has 1 heterocycles. The maximum atomic E-state index is 12.5. The van der Waals surface area contributed by atoms with E-state index in [0.717, 1.165) is 12.1 Å². The van der Waals surface area contributed by atoms with E-state index in [-0.39, 0.29) is 16.8 Å². The second kappa shape index (κ2) is 6.62. The number of nitrogens with two attached hydrogens (primary N) is 1. The van der Waals surface area contributed by atoms with Crippen LogP contribution in [-0.2, 0) is 10.0 Å². The molecule has 0 bridgehead atoms. The van der Waals surface area contributed by atoms with E-state index in [9.17, 15) is 13.2 Å². The molecule has 0 aliphatic carbocycles. The Hall–Kier alpha value is -2.38. The first kappa shape index (κ1) is 16.5. The normalized spacial score (nSPS) is 17.7. The molecule has 3 rings (SSSR count). The van der Waals surface area contributed by atoms with E-state index < -0.39 is 10.0 Å². The van der Waals surface area contributed by atoms with Gasteiger partial charge in [0, 0.05) is 30.4 Å². The topological polar surface area (TPSA) is 92.5 Å². The Morgan fingerprint density at radius 1 is 1.08 bits per heavy atom. The van der Waals surface area contributed by atoms with Crippen molar-refractivity contribution in [2.45, 2.75) is 17.4 Å². The van der Waals surface area contributed by atoms with Gasteiger partial charge in [-0.05, 0) is 42.8 Å². The average molecular weight is 345 g/mol. The quantitative estimate of drug-likeness (QED) is 0.881. The van der Waals surface area contributed by atoms with Gasteiger partial charge < -0.3 is 10.2 Å². The largest absolute Gasteiger partial charge is 0.380 e. The maximum Gasteiger partial charge on any atom is 0.253 e. The Bertz CT molecular complexity index is 820. The van der Waals surface area contributed by atoms with Crippen LogP contribution in [0.15, 0.2) is 59.5 Å². The number of carbonyl (C=O) groups is 1. The molecule has 1 atom stereocenters. The van der Waals surface area contributed by atoms with Crippen molar-refractivity contribution in [2.24, 2.45) is 5.14 Å². The molecule has 1 amide bonds. The number of primary sulfonamides is 1. The minimum atomic E-state index is -3.74. The molecule has 24 heavy (non-hydrogen) atoms. The van der Waals surface area contributed by atoms with Crippen LogP contribution < -0.4 is 10.5 Å². The Kier molecular flexibility index (Phi) is 4.55. The standard InChI is InChI=1S/C17H19N3O3S/c18-24(22,23)16-8-6-13(7-9-16)17(21)20-11-10-15(12-20)19-14-4-2-1-3-5-14/h1-9,15,19H,10-12H2,(H2,18,22,23). The van der Waals surface area contributed by atoms with E-state index in [4.69, 9.17) is 5.14 Å². The predicted molar refractivity (Wildman–Crippen MR) is 92.2 cm³/mol. The Morgan fingerprint density at radius 3 is 2.38 bits per heavy atom. The van der Waals surface area contributed by atoms with Crippen LogP contribution in [0.25, 0.3) is 0 Å². The van der Waals surface area contributed by atoms with Gasteiger partial charge in [-0.1, -0.05) is 18.2 Å². The van der Waals surface area contributed by atoms with Gasteiger partial charge in [-0.15, -0.1) is 0 Å². The number of carbonyl (C=O) groups excluding carboxylic acids is 1. The van der Waals surface area contributed by atoms with Gasteiger partial charge in [0.2, 0.25) is 10.0 Å². The van der Waals surface area contributed by atoms with E-state index in [0.29, 0.717) is 18.7 Å². The highest BCUT2D eigenvalue weighted by molar-refractivity contribution is 7.89. The van der Waals surface area contributed by atoms with E-state index >= 15 is 0 Å². The molecule has 2 aromatic carbocycles. The zero-order valence-electron chi connectivity index (χ0n) is 13.1. The Balaban J connectivity index is 1.64. The first-order chi connectivity index (χ1) is 11.4. The minimum Gasteiger partial charge on any atom is -0.380 e. The van der Waals surface area contributed by atoms with Crippen molar-refractivity contribution >= 4 is 21.6 Å². The number of likely N-dealkylation sites (tertiary alicyclic amines) is 1. The third-order valence-corrected chi connectivity index (χ3v) is 4.98. The number of anilines is 1. The number of rotatable bonds is 4. The molecule has 7 heteroatoms. The summed E-state index contributed by atoms with van der Waals surface area (Å²) in [7, 11) is -3.74. The van der Waals surface area contributed by atoms with Crippen molar-refractivity contribution in [3.63, 3.8) is 0 Å². The summed E-state index contributed by atoms with van der Waals surface area (Å²) in [4.78, 5) is 14.3.